The van der Waals surface area contributed by atoms with Gasteiger partial charge in [0, 0.05) is 11.1 Å². The molecule has 4 aromatic rings. The first-order valence-corrected chi connectivity index (χ1v) is 10.5. The third kappa shape index (κ3) is 4.23. The largest absolute Gasteiger partial charge is 0.465 e. The van der Waals surface area contributed by atoms with Gasteiger partial charge in [-0.2, -0.15) is 0 Å². The van der Waals surface area contributed by atoms with Crippen LogP contribution in [0.25, 0.3) is 26.9 Å². The summed E-state index contributed by atoms with van der Waals surface area (Å²) >= 11 is 7.52. The van der Waals surface area contributed by atoms with Gasteiger partial charge in [0.2, 0.25) is 5.88 Å². The molecule has 2 aromatic carbocycles. The van der Waals surface area contributed by atoms with Gasteiger partial charge in [-0.3, -0.25) is 10.1 Å². The van der Waals surface area contributed by atoms with Crippen molar-refractivity contribution in [1.29, 1.82) is 0 Å². The van der Waals surface area contributed by atoms with Gasteiger partial charge in [-0.05, 0) is 36.8 Å². The van der Waals surface area contributed by atoms with Crippen molar-refractivity contribution in [3.8, 4) is 10.6 Å². The topological polar surface area (TPSA) is 81.4 Å². The Morgan fingerprint density at radius 1 is 1.16 bits per heavy atom. The molecule has 0 aliphatic carbocycles. The minimum absolute atomic E-state index is 0.130. The average Bonchev–Trinajstić information content (AvgIpc) is 3.32. The number of para-hydroxylation sites is 1. The minimum atomic E-state index is -0.567. The molecule has 0 atom stereocenters. The lowest BCUT2D eigenvalue weighted by molar-refractivity contribution is -0.111. The Kier molecular flexibility index (Phi) is 5.88. The molecule has 0 saturated carbocycles. The fourth-order valence-corrected chi connectivity index (χ4v) is 4.31. The van der Waals surface area contributed by atoms with Crippen molar-refractivity contribution in [3.05, 3.63) is 76.5 Å². The second-order valence-corrected chi connectivity index (χ2v) is 8.00. The second-order valence-electron chi connectivity index (χ2n) is 6.56. The summed E-state index contributed by atoms with van der Waals surface area (Å²) in [6.45, 7) is 1.64. The van der Waals surface area contributed by atoms with E-state index in [0.717, 1.165) is 10.2 Å². The first-order valence-electron chi connectivity index (χ1n) is 9.29. The summed E-state index contributed by atoms with van der Waals surface area (Å²) in [5.74, 6) is -0.549. The zero-order valence-corrected chi connectivity index (χ0v) is 18.2. The molecule has 0 saturated heterocycles. The van der Waals surface area contributed by atoms with Crippen LogP contribution in [0.3, 0.4) is 0 Å². The molecular formula is C23H17ClN2O4S. The fraction of sp³-hybridized carbons (Fsp3) is 0.0870. The molecule has 2 aromatic heterocycles. The van der Waals surface area contributed by atoms with Crippen LogP contribution in [0.4, 0.5) is 5.88 Å². The highest BCUT2D eigenvalue weighted by atomic mass is 35.5. The number of amides is 1. The van der Waals surface area contributed by atoms with E-state index in [4.69, 9.17) is 20.8 Å². The Morgan fingerprint density at radius 3 is 2.65 bits per heavy atom. The Labute approximate surface area is 187 Å². The van der Waals surface area contributed by atoms with Crippen LogP contribution in [0, 0.1) is 6.92 Å². The van der Waals surface area contributed by atoms with Crippen molar-refractivity contribution in [2.45, 2.75) is 6.92 Å². The van der Waals surface area contributed by atoms with Gasteiger partial charge in [0.25, 0.3) is 5.91 Å². The number of fused-ring (bicyclic) bond motifs is 1. The fourth-order valence-electron chi connectivity index (χ4n) is 3.09. The number of nitrogens with one attached hydrogen (secondary N) is 1. The molecular weight excluding hydrogens is 436 g/mol. The number of nitrogens with zero attached hydrogens (tertiary/aromatic N) is 1. The zero-order valence-electron chi connectivity index (χ0n) is 16.6. The number of carbonyl (C=O) groups excluding carboxylic acids is 2. The molecule has 0 aliphatic heterocycles. The number of hydrogen-bond donors (Lipinski definition) is 1. The number of anilines is 1. The van der Waals surface area contributed by atoms with Crippen LogP contribution in [-0.4, -0.2) is 24.0 Å². The highest BCUT2D eigenvalue weighted by molar-refractivity contribution is 7.21. The standard InChI is InChI=1S/C23H17ClN2O4S/c1-13-19(23(28)29-2)20(22-25-16-9-5-6-10-17(16)31-22)21(30-13)26-18(27)12-11-14-7-3-4-8-15(14)24/h3-12H,1-2H3,(H,26,27)/b12-11+. The van der Waals surface area contributed by atoms with Crippen LogP contribution in [0.5, 0.6) is 0 Å². The number of methoxy groups -OCH3 is 1. The number of aryl methyl sites for hydroxylation is 1. The normalized spacial score (nSPS) is 11.2. The summed E-state index contributed by atoms with van der Waals surface area (Å²) < 4.78 is 11.6. The smallest absolute Gasteiger partial charge is 0.342 e. The quantitative estimate of drug-likeness (QED) is 0.298. The Balaban J connectivity index is 1.73. The van der Waals surface area contributed by atoms with Crippen LogP contribution in [0.2, 0.25) is 5.02 Å². The minimum Gasteiger partial charge on any atom is -0.465 e. The van der Waals surface area contributed by atoms with Gasteiger partial charge in [0.1, 0.15) is 16.3 Å². The van der Waals surface area contributed by atoms with E-state index in [1.165, 1.54) is 24.5 Å². The van der Waals surface area contributed by atoms with Gasteiger partial charge in [-0.15, -0.1) is 11.3 Å². The first kappa shape index (κ1) is 20.8. The molecule has 31 heavy (non-hydrogen) atoms. The molecule has 0 unspecified atom stereocenters. The predicted octanol–water partition coefficient (Wildman–Crippen LogP) is 5.96. The van der Waals surface area contributed by atoms with Gasteiger partial charge in [-0.1, -0.05) is 41.9 Å². The summed E-state index contributed by atoms with van der Waals surface area (Å²) in [6.07, 6.45) is 2.95. The second kappa shape index (κ2) is 8.75. The summed E-state index contributed by atoms with van der Waals surface area (Å²) in [6, 6.07) is 14.8. The van der Waals surface area contributed by atoms with Crippen LogP contribution in [0.15, 0.2) is 59.0 Å². The molecule has 4 rings (SSSR count). The number of aromatic nitrogens is 1. The van der Waals surface area contributed by atoms with Crippen LogP contribution in [0.1, 0.15) is 21.7 Å². The lowest BCUT2D eigenvalue weighted by Gasteiger charge is -2.03. The number of halogens is 1. The van der Waals surface area contributed by atoms with E-state index in [1.54, 1.807) is 25.1 Å². The lowest BCUT2D eigenvalue weighted by Crippen LogP contribution is -2.09. The van der Waals surface area contributed by atoms with E-state index in [0.29, 0.717) is 26.9 Å². The van der Waals surface area contributed by atoms with E-state index < -0.39 is 11.9 Å². The van der Waals surface area contributed by atoms with Crippen molar-refractivity contribution in [2.75, 3.05) is 12.4 Å². The maximum absolute atomic E-state index is 12.6. The van der Waals surface area contributed by atoms with E-state index in [1.807, 2.05) is 36.4 Å². The predicted molar refractivity (Wildman–Crippen MR) is 123 cm³/mol. The molecule has 0 radical (unpaired) electrons. The monoisotopic (exact) mass is 452 g/mol. The maximum Gasteiger partial charge on any atom is 0.342 e. The summed E-state index contributed by atoms with van der Waals surface area (Å²) in [4.78, 5) is 29.6. The molecule has 0 bridgehead atoms. The molecule has 1 amide bonds. The summed E-state index contributed by atoms with van der Waals surface area (Å²) in [7, 11) is 1.29. The SMILES string of the molecule is COC(=O)c1c(C)oc(NC(=O)/C=C/c2ccccc2Cl)c1-c1nc2ccccc2s1. The lowest BCUT2D eigenvalue weighted by atomic mass is 10.1. The van der Waals surface area contributed by atoms with Gasteiger partial charge in [0.05, 0.1) is 22.9 Å². The van der Waals surface area contributed by atoms with E-state index >= 15 is 0 Å². The summed E-state index contributed by atoms with van der Waals surface area (Å²) in [5.41, 5.74) is 2.11. The molecule has 2 heterocycles. The van der Waals surface area contributed by atoms with Gasteiger partial charge in [-0.25, -0.2) is 9.78 Å². The van der Waals surface area contributed by atoms with Crippen molar-refractivity contribution in [1.82, 2.24) is 4.98 Å². The Hall–Kier alpha value is -3.42. The van der Waals surface area contributed by atoms with E-state index in [9.17, 15) is 9.59 Å². The average molecular weight is 453 g/mol. The van der Waals surface area contributed by atoms with Crippen molar-refractivity contribution < 1.29 is 18.7 Å². The number of esters is 1. The number of furan rings is 1. The molecule has 156 valence electrons. The molecule has 0 fully saturated rings. The highest BCUT2D eigenvalue weighted by Gasteiger charge is 2.28. The third-order valence-corrected chi connectivity index (χ3v) is 5.94. The van der Waals surface area contributed by atoms with Crippen molar-refractivity contribution in [2.24, 2.45) is 0 Å². The highest BCUT2D eigenvalue weighted by Crippen LogP contribution is 2.40. The number of rotatable bonds is 5. The molecule has 1 N–H and O–H groups in total. The van der Waals surface area contributed by atoms with Gasteiger partial charge < -0.3 is 9.15 Å². The Bertz CT molecular complexity index is 1290. The molecule has 8 heteroatoms. The van der Waals surface area contributed by atoms with Crippen molar-refractivity contribution in [3.63, 3.8) is 0 Å². The maximum atomic E-state index is 12.6. The van der Waals surface area contributed by atoms with Crippen LogP contribution in [-0.2, 0) is 9.53 Å². The van der Waals surface area contributed by atoms with Crippen LogP contribution < -0.4 is 5.32 Å². The van der Waals surface area contributed by atoms with Crippen LogP contribution >= 0.6 is 22.9 Å². The van der Waals surface area contributed by atoms with E-state index in [2.05, 4.69) is 10.3 Å². The van der Waals surface area contributed by atoms with Gasteiger partial charge in [0.15, 0.2) is 0 Å². The third-order valence-electron chi connectivity index (χ3n) is 4.54. The van der Waals surface area contributed by atoms with E-state index in [-0.39, 0.29) is 11.4 Å². The molecule has 0 spiro atoms. The first-order chi connectivity index (χ1) is 15.0. The number of thiazole rings is 1. The van der Waals surface area contributed by atoms with Gasteiger partial charge >= 0.3 is 5.97 Å². The molecule has 6 nitrogen and oxygen atoms in total. The molecule has 0 aliphatic rings. The number of benzene rings is 2. The summed E-state index contributed by atoms with van der Waals surface area (Å²) in [5, 5.41) is 3.78. The number of ether oxygens (including phenoxy) is 1. The Morgan fingerprint density at radius 2 is 1.90 bits per heavy atom. The zero-order chi connectivity index (χ0) is 22.0. The number of carbonyl (C=O) groups is 2. The van der Waals surface area contributed by atoms with Crippen molar-refractivity contribution >= 4 is 57.0 Å². The number of hydrogen-bond acceptors (Lipinski definition) is 6.